The van der Waals surface area contributed by atoms with Crippen molar-refractivity contribution in [2.75, 3.05) is 33.3 Å². The van der Waals surface area contributed by atoms with Crippen molar-refractivity contribution in [2.24, 2.45) is 0 Å². The Morgan fingerprint density at radius 1 is 1.55 bits per heavy atom. The molecule has 0 amide bonds. The number of rotatable bonds is 0. The number of morpholine rings is 1. The van der Waals surface area contributed by atoms with Gasteiger partial charge in [-0.3, -0.25) is 10.2 Å². The molecule has 11 heavy (non-hydrogen) atoms. The van der Waals surface area contributed by atoms with Crippen molar-refractivity contribution in [2.45, 2.75) is 18.6 Å². The highest BCUT2D eigenvalue weighted by Crippen LogP contribution is 2.24. The van der Waals surface area contributed by atoms with Crippen LogP contribution >= 0.6 is 0 Å². The summed E-state index contributed by atoms with van der Waals surface area (Å²) in [6, 6.07) is 0. The van der Waals surface area contributed by atoms with Gasteiger partial charge in [0, 0.05) is 13.1 Å². The lowest BCUT2D eigenvalue weighted by molar-refractivity contribution is -0.112. The molecule has 0 aromatic heterocycles. The Morgan fingerprint density at radius 2 is 2.45 bits per heavy atom. The van der Waals surface area contributed by atoms with Gasteiger partial charge in [0.05, 0.1) is 6.61 Å². The first-order valence-corrected chi connectivity index (χ1v) is 4.38. The van der Waals surface area contributed by atoms with E-state index in [1.165, 1.54) is 12.8 Å². The van der Waals surface area contributed by atoms with Crippen molar-refractivity contribution in [3.8, 4) is 0 Å². The Bertz CT molecular complexity index is 143. The molecule has 0 saturated carbocycles. The SMILES string of the molecule is CN1CCOC2(CCCN2)C1. The van der Waals surface area contributed by atoms with Gasteiger partial charge in [0.2, 0.25) is 0 Å². The lowest BCUT2D eigenvalue weighted by Gasteiger charge is -2.38. The zero-order valence-corrected chi connectivity index (χ0v) is 7.10. The number of nitrogens with one attached hydrogen (secondary N) is 1. The van der Waals surface area contributed by atoms with E-state index in [2.05, 4.69) is 17.3 Å². The first kappa shape index (κ1) is 7.53. The second kappa shape index (κ2) is 2.73. The first-order valence-electron chi connectivity index (χ1n) is 4.38. The van der Waals surface area contributed by atoms with Crippen LogP contribution in [0.5, 0.6) is 0 Å². The molecule has 2 rings (SSSR count). The van der Waals surface area contributed by atoms with Crippen molar-refractivity contribution >= 4 is 0 Å². The molecule has 1 unspecified atom stereocenters. The van der Waals surface area contributed by atoms with Gasteiger partial charge in [0.15, 0.2) is 0 Å². The Hall–Kier alpha value is -0.120. The van der Waals surface area contributed by atoms with Crippen LogP contribution < -0.4 is 5.32 Å². The van der Waals surface area contributed by atoms with Crippen molar-refractivity contribution < 1.29 is 4.74 Å². The van der Waals surface area contributed by atoms with E-state index in [-0.39, 0.29) is 5.72 Å². The maximum atomic E-state index is 5.74. The summed E-state index contributed by atoms with van der Waals surface area (Å²) in [6.45, 7) is 4.12. The Labute approximate surface area is 67.7 Å². The number of likely N-dealkylation sites (N-methyl/N-ethyl adjacent to an activating group) is 1. The lowest BCUT2D eigenvalue weighted by atomic mass is 10.1. The van der Waals surface area contributed by atoms with E-state index in [4.69, 9.17) is 4.74 Å². The minimum Gasteiger partial charge on any atom is -0.358 e. The van der Waals surface area contributed by atoms with Crippen molar-refractivity contribution in [3.05, 3.63) is 0 Å². The highest BCUT2D eigenvalue weighted by molar-refractivity contribution is 4.89. The van der Waals surface area contributed by atoms with Crippen LogP contribution in [-0.4, -0.2) is 43.9 Å². The fourth-order valence-corrected chi connectivity index (χ4v) is 1.99. The number of nitrogens with zero attached hydrogens (tertiary/aromatic N) is 1. The molecule has 3 nitrogen and oxygen atoms in total. The molecule has 2 fully saturated rings. The van der Waals surface area contributed by atoms with E-state index in [1.807, 2.05) is 0 Å². The van der Waals surface area contributed by atoms with E-state index in [0.29, 0.717) is 0 Å². The van der Waals surface area contributed by atoms with Crippen LogP contribution in [0.4, 0.5) is 0 Å². The van der Waals surface area contributed by atoms with Crippen LogP contribution in [0.15, 0.2) is 0 Å². The van der Waals surface area contributed by atoms with E-state index < -0.39 is 0 Å². The zero-order valence-electron chi connectivity index (χ0n) is 7.10. The molecule has 1 spiro atoms. The molecule has 1 N–H and O–H groups in total. The Kier molecular flexibility index (Phi) is 1.87. The van der Waals surface area contributed by atoms with Crippen LogP contribution in [0.25, 0.3) is 0 Å². The summed E-state index contributed by atoms with van der Waals surface area (Å²) in [7, 11) is 2.16. The number of ether oxygens (including phenoxy) is 1. The molecule has 2 aliphatic rings. The molecule has 3 heteroatoms. The van der Waals surface area contributed by atoms with Gasteiger partial charge in [-0.25, -0.2) is 0 Å². The second-order valence-corrected chi connectivity index (χ2v) is 3.61. The summed E-state index contributed by atoms with van der Waals surface area (Å²) in [5.41, 5.74) is 0.0208. The summed E-state index contributed by atoms with van der Waals surface area (Å²) in [6.07, 6.45) is 2.44. The van der Waals surface area contributed by atoms with Crippen LogP contribution in [0.2, 0.25) is 0 Å². The summed E-state index contributed by atoms with van der Waals surface area (Å²) >= 11 is 0. The minimum atomic E-state index is 0.0208. The predicted molar refractivity (Wildman–Crippen MR) is 43.4 cm³/mol. The normalized spacial score (nSPS) is 40.1. The van der Waals surface area contributed by atoms with Gasteiger partial charge in [-0.05, 0) is 26.4 Å². The van der Waals surface area contributed by atoms with Gasteiger partial charge < -0.3 is 4.74 Å². The van der Waals surface area contributed by atoms with Crippen LogP contribution in [0.3, 0.4) is 0 Å². The second-order valence-electron chi connectivity index (χ2n) is 3.61. The summed E-state index contributed by atoms with van der Waals surface area (Å²) in [5, 5.41) is 3.44. The van der Waals surface area contributed by atoms with Gasteiger partial charge in [0.25, 0.3) is 0 Å². The topological polar surface area (TPSA) is 24.5 Å². The van der Waals surface area contributed by atoms with Gasteiger partial charge in [-0.15, -0.1) is 0 Å². The molecule has 0 aliphatic carbocycles. The minimum absolute atomic E-state index is 0.0208. The van der Waals surface area contributed by atoms with Crippen LogP contribution in [0.1, 0.15) is 12.8 Å². The Morgan fingerprint density at radius 3 is 3.09 bits per heavy atom. The molecular weight excluding hydrogens is 140 g/mol. The van der Waals surface area contributed by atoms with Crippen LogP contribution in [-0.2, 0) is 4.74 Å². The molecule has 0 aromatic rings. The largest absolute Gasteiger partial charge is 0.358 e. The molecular formula is C8H16N2O. The summed E-state index contributed by atoms with van der Waals surface area (Å²) in [4.78, 5) is 2.34. The fourth-order valence-electron chi connectivity index (χ4n) is 1.99. The monoisotopic (exact) mass is 156 g/mol. The van der Waals surface area contributed by atoms with Crippen LogP contribution in [0, 0.1) is 0 Å². The third kappa shape index (κ3) is 1.41. The van der Waals surface area contributed by atoms with E-state index in [9.17, 15) is 0 Å². The summed E-state index contributed by atoms with van der Waals surface area (Å²) in [5.74, 6) is 0. The number of hydrogen-bond acceptors (Lipinski definition) is 3. The van der Waals surface area contributed by atoms with E-state index in [0.717, 1.165) is 26.2 Å². The molecule has 0 radical (unpaired) electrons. The van der Waals surface area contributed by atoms with Gasteiger partial charge >= 0.3 is 0 Å². The van der Waals surface area contributed by atoms with Crippen molar-refractivity contribution in [1.29, 1.82) is 0 Å². The van der Waals surface area contributed by atoms with Crippen molar-refractivity contribution in [3.63, 3.8) is 0 Å². The molecule has 0 bridgehead atoms. The number of hydrogen-bond donors (Lipinski definition) is 1. The lowest BCUT2D eigenvalue weighted by Crippen LogP contribution is -2.55. The molecule has 0 aromatic carbocycles. The van der Waals surface area contributed by atoms with Gasteiger partial charge in [-0.2, -0.15) is 0 Å². The average Bonchev–Trinajstić information content (AvgIpc) is 2.37. The quantitative estimate of drug-likeness (QED) is 0.535. The van der Waals surface area contributed by atoms with Gasteiger partial charge in [0.1, 0.15) is 5.72 Å². The molecule has 1 atom stereocenters. The highest BCUT2D eigenvalue weighted by Gasteiger charge is 2.37. The van der Waals surface area contributed by atoms with E-state index >= 15 is 0 Å². The van der Waals surface area contributed by atoms with Gasteiger partial charge in [-0.1, -0.05) is 0 Å². The maximum Gasteiger partial charge on any atom is 0.132 e. The third-order valence-electron chi connectivity index (χ3n) is 2.58. The Balaban J connectivity index is 2.00. The molecule has 2 heterocycles. The fraction of sp³-hybridized carbons (Fsp3) is 1.00. The predicted octanol–water partition coefficient (Wildman–Crippen LogP) is 0.0281. The molecule has 64 valence electrons. The first-order chi connectivity index (χ1) is 5.31. The molecule has 2 saturated heterocycles. The standard InChI is InChI=1S/C8H16N2O/c1-10-5-6-11-8(7-10)3-2-4-9-8/h9H,2-7H2,1H3. The van der Waals surface area contributed by atoms with E-state index in [1.54, 1.807) is 0 Å². The third-order valence-corrected chi connectivity index (χ3v) is 2.58. The molecule has 2 aliphatic heterocycles. The summed E-state index contributed by atoms with van der Waals surface area (Å²) < 4.78 is 5.74. The van der Waals surface area contributed by atoms with Crippen molar-refractivity contribution in [1.82, 2.24) is 10.2 Å². The smallest absolute Gasteiger partial charge is 0.132 e. The average molecular weight is 156 g/mol. The maximum absolute atomic E-state index is 5.74. The zero-order chi connectivity index (χ0) is 7.73. The highest BCUT2D eigenvalue weighted by atomic mass is 16.5.